The number of hydrogen-bond donors (Lipinski definition) is 2. The molecule has 1 unspecified atom stereocenters. The van der Waals surface area contributed by atoms with Crippen molar-refractivity contribution >= 4 is 0 Å². The molecule has 0 aromatic heterocycles. The summed E-state index contributed by atoms with van der Waals surface area (Å²) in [5.74, 6) is 0.179. The van der Waals surface area contributed by atoms with Gasteiger partial charge in [0.2, 0.25) is 0 Å². The average Bonchev–Trinajstić information content (AvgIpc) is 2.97. The monoisotopic (exact) mass is 192 g/mol. The van der Waals surface area contributed by atoms with E-state index in [9.17, 15) is 5.11 Å². The van der Waals surface area contributed by atoms with Crippen LogP contribution >= 0.6 is 0 Å². The van der Waals surface area contributed by atoms with Crippen LogP contribution < -0.4 is 0 Å². The number of hydrogen-bond acceptors (Lipinski definition) is 2. The molecular weight excluding hydrogens is 176 g/mol. The summed E-state index contributed by atoms with van der Waals surface area (Å²) in [7, 11) is 0. The first kappa shape index (κ1) is 9.69. The van der Waals surface area contributed by atoms with E-state index in [4.69, 9.17) is 5.11 Å². The van der Waals surface area contributed by atoms with Crippen molar-refractivity contribution in [3.05, 3.63) is 35.4 Å². The molecule has 2 heteroatoms. The van der Waals surface area contributed by atoms with Gasteiger partial charge in [-0.1, -0.05) is 31.2 Å². The van der Waals surface area contributed by atoms with E-state index in [-0.39, 0.29) is 12.5 Å². The van der Waals surface area contributed by atoms with Crippen LogP contribution in [0.15, 0.2) is 24.3 Å². The fraction of sp³-hybridized carbons (Fsp3) is 0.500. The van der Waals surface area contributed by atoms with Crippen molar-refractivity contribution in [2.45, 2.75) is 31.3 Å². The van der Waals surface area contributed by atoms with Crippen molar-refractivity contribution in [2.24, 2.45) is 0 Å². The normalized spacial score (nSPS) is 20.5. The van der Waals surface area contributed by atoms with Gasteiger partial charge in [-0.2, -0.15) is 0 Å². The fourth-order valence-corrected chi connectivity index (χ4v) is 1.63. The summed E-state index contributed by atoms with van der Waals surface area (Å²) in [4.78, 5) is 0. The number of rotatable bonds is 3. The Morgan fingerprint density at radius 3 is 2.29 bits per heavy atom. The van der Waals surface area contributed by atoms with E-state index in [1.165, 1.54) is 0 Å². The molecule has 0 aliphatic heterocycles. The van der Waals surface area contributed by atoms with Crippen LogP contribution in [-0.4, -0.2) is 16.8 Å². The van der Waals surface area contributed by atoms with Crippen LogP contribution in [0.1, 0.15) is 36.8 Å². The molecule has 1 aliphatic carbocycles. The van der Waals surface area contributed by atoms with E-state index in [1.54, 1.807) is 0 Å². The van der Waals surface area contributed by atoms with Gasteiger partial charge in [0.15, 0.2) is 0 Å². The Morgan fingerprint density at radius 2 is 1.86 bits per heavy atom. The minimum absolute atomic E-state index is 0.170. The molecule has 1 atom stereocenters. The lowest BCUT2D eigenvalue weighted by Gasteiger charge is -2.11. The molecule has 1 aromatic rings. The third kappa shape index (κ3) is 1.68. The highest BCUT2D eigenvalue weighted by Crippen LogP contribution is 2.45. The predicted octanol–water partition coefficient (Wildman–Crippen LogP) is 1.76. The number of benzene rings is 1. The summed E-state index contributed by atoms with van der Waals surface area (Å²) in [6.07, 6.45) is 1.75. The van der Waals surface area contributed by atoms with Crippen molar-refractivity contribution in [3.63, 3.8) is 0 Å². The number of aliphatic hydroxyl groups excluding tert-OH is 1. The van der Waals surface area contributed by atoms with Crippen LogP contribution in [-0.2, 0) is 5.60 Å². The standard InChI is InChI=1S/C12H16O2/c1-9(8-13)10-2-4-11(5-3-10)12(14)6-7-12/h2-5,9,13-14H,6-8H2,1H3. The van der Waals surface area contributed by atoms with Crippen molar-refractivity contribution < 1.29 is 10.2 Å². The molecule has 2 N–H and O–H groups in total. The minimum Gasteiger partial charge on any atom is -0.396 e. The summed E-state index contributed by atoms with van der Waals surface area (Å²) >= 11 is 0. The Balaban J connectivity index is 2.18. The van der Waals surface area contributed by atoms with Gasteiger partial charge in [-0.05, 0) is 24.0 Å². The topological polar surface area (TPSA) is 40.5 Å². The van der Waals surface area contributed by atoms with E-state index in [0.717, 1.165) is 24.0 Å². The minimum atomic E-state index is -0.541. The molecule has 0 saturated heterocycles. The van der Waals surface area contributed by atoms with E-state index in [2.05, 4.69) is 0 Å². The first-order valence-electron chi connectivity index (χ1n) is 5.09. The molecule has 0 radical (unpaired) electrons. The summed E-state index contributed by atoms with van der Waals surface area (Å²) in [5, 5.41) is 18.8. The zero-order valence-electron chi connectivity index (χ0n) is 8.40. The van der Waals surface area contributed by atoms with Gasteiger partial charge in [0.05, 0.1) is 5.60 Å². The van der Waals surface area contributed by atoms with Crippen molar-refractivity contribution in [1.82, 2.24) is 0 Å². The maximum absolute atomic E-state index is 9.84. The van der Waals surface area contributed by atoms with Gasteiger partial charge >= 0.3 is 0 Å². The molecule has 1 fully saturated rings. The molecule has 14 heavy (non-hydrogen) atoms. The SMILES string of the molecule is CC(CO)c1ccc(C2(O)CC2)cc1. The second kappa shape index (κ2) is 3.37. The quantitative estimate of drug-likeness (QED) is 0.766. The van der Waals surface area contributed by atoms with Gasteiger partial charge in [0, 0.05) is 12.5 Å². The van der Waals surface area contributed by atoms with Gasteiger partial charge < -0.3 is 10.2 Å². The molecule has 0 bridgehead atoms. The third-order valence-electron chi connectivity index (χ3n) is 3.01. The lowest BCUT2D eigenvalue weighted by Crippen LogP contribution is -2.05. The maximum Gasteiger partial charge on any atom is 0.0899 e. The van der Waals surface area contributed by atoms with Gasteiger partial charge in [0.25, 0.3) is 0 Å². The summed E-state index contributed by atoms with van der Waals surface area (Å²) < 4.78 is 0. The van der Waals surface area contributed by atoms with E-state index < -0.39 is 5.60 Å². The predicted molar refractivity (Wildman–Crippen MR) is 55.1 cm³/mol. The van der Waals surface area contributed by atoms with E-state index >= 15 is 0 Å². The second-order valence-corrected chi connectivity index (χ2v) is 4.24. The molecule has 1 aliphatic rings. The molecule has 0 heterocycles. The highest BCUT2D eigenvalue weighted by molar-refractivity contribution is 5.31. The molecule has 1 aromatic carbocycles. The van der Waals surface area contributed by atoms with Crippen LogP contribution in [0.25, 0.3) is 0 Å². The van der Waals surface area contributed by atoms with Crippen LogP contribution in [0.4, 0.5) is 0 Å². The van der Waals surface area contributed by atoms with Crippen LogP contribution in [0.3, 0.4) is 0 Å². The van der Waals surface area contributed by atoms with Crippen molar-refractivity contribution in [3.8, 4) is 0 Å². The molecule has 76 valence electrons. The molecule has 0 spiro atoms. The maximum atomic E-state index is 9.84. The van der Waals surface area contributed by atoms with Crippen LogP contribution in [0.2, 0.25) is 0 Å². The molecule has 2 nitrogen and oxygen atoms in total. The fourth-order valence-electron chi connectivity index (χ4n) is 1.63. The molecule has 0 amide bonds. The Morgan fingerprint density at radius 1 is 1.29 bits per heavy atom. The van der Waals surface area contributed by atoms with Gasteiger partial charge in [-0.3, -0.25) is 0 Å². The van der Waals surface area contributed by atoms with Crippen molar-refractivity contribution in [1.29, 1.82) is 0 Å². The lowest BCUT2D eigenvalue weighted by molar-refractivity contribution is 0.151. The first-order valence-corrected chi connectivity index (χ1v) is 5.09. The largest absolute Gasteiger partial charge is 0.396 e. The smallest absolute Gasteiger partial charge is 0.0899 e. The average molecular weight is 192 g/mol. The summed E-state index contributed by atoms with van der Waals surface area (Å²) in [6.45, 7) is 2.16. The summed E-state index contributed by atoms with van der Waals surface area (Å²) in [6, 6.07) is 7.92. The van der Waals surface area contributed by atoms with Crippen LogP contribution in [0, 0.1) is 0 Å². The van der Waals surface area contributed by atoms with E-state index in [0.29, 0.717) is 0 Å². The van der Waals surface area contributed by atoms with Crippen molar-refractivity contribution in [2.75, 3.05) is 6.61 Å². The lowest BCUT2D eigenvalue weighted by atomic mass is 9.98. The molecule has 1 saturated carbocycles. The Kier molecular flexibility index (Phi) is 2.33. The highest BCUT2D eigenvalue weighted by atomic mass is 16.3. The van der Waals surface area contributed by atoms with E-state index in [1.807, 2.05) is 31.2 Å². The molecular formula is C12H16O2. The summed E-state index contributed by atoms with van der Waals surface area (Å²) in [5.41, 5.74) is 1.59. The first-order chi connectivity index (χ1) is 6.65. The zero-order chi connectivity index (χ0) is 10.2. The highest BCUT2D eigenvalue weighted by Gasteiger charge is 2.41. The van der Waals surface area contributed by atoms with Crippen LogP contribution in [0.5, 0.6) is 0 Å². The zero-order valence-corrected chi connectivity index (χ0v) is 8.40. The Hall–Kier alpha value is -0.860. The molecule has 2 rings (SSSR count). The second-order valence-electron chi connectivity index (χ2n) is 4.24. The number of aliphatic hydroxyl groups is 2. The van der Waals surface area contributed by atoms with Gasteiger partial charge in [-0.25, -0.2) is 0 Å². The Bertz CT molecular complexity index is 312. The van der Waals surface area contributed by atoms with Gasteiger partial charge in [-0.15, -0.1) is 0 Å². The Labute approximate surface area is 84.2 Å². The van der Waals surface area contributed by atoms with Gasteiger partial charge in [0.1, 0.15) is 0 Å². The third-order valence-corrected chi connectivity index (χ3v) is 3.01.